The molecule has 2 heterocycles. The number of aryl methyl sites for hydroxylation is 1. The van der Waals surface area contributed by atoms with Crippen LogP contribution < -0.4 is 9.64 Å². The molecular formula is C37H36N6O3. The van der Waals surface area contributed by atoms with E-state index in [1.807, 2.05) is 119 Å². The van der Waals surface area contributed by atoms with Gasteiger partial charge < -0.3 is 14.7 Å². The molecule has 0 amide bonds. The first-order valence-electron chi connectivity index (χ1n) is 15.2. The molecule has 2 aromatic heterocycles. The number of aromatic nitrogens is 4. The van der Waals surface area contributed by atoms with Crippen LogP contribution in [0.25, 0.3) is 27.6 Å². The number of rotatable bonds is 8. The van der Waals surface area contributed by atoms with Crippen LogP contribution >= 0.6 is 0 Å². The number of carbonyl (C=O) groups is 1. The van der Waals surface area contributed by atoms with Gasteiger partial charge in [0.2, 0.25) is 0 Å². The fourth-order valence-corrected chi connectivity index (χ4v) is 5.28. The zero-order valence-corrected chi connectivity index (χ0v) is 26.6. The van der Waals surface area contributed by atoms with Gasteiger partial charge in [-0.2, -0.15) is 0 Å². The molecule has 0 fully saturated rings. The van der Waals surface area contributed by atoms with Crippen molar-refractivity contribution in [1.29, 1.82) is 0 Å². The Hall–Kier alpha value is -5.57. The molecule has 6 aromatic rings. The average molecular weight is 613 g/mol. The second kappa shape index (κ2) is 12.4. The summed E-state index contributed by atoms with van der Waals surface area (Å²) in [5, 5.41) is 21.2. The number of aliphatic imine (C=N–C) groups is 1. The number of benzene rings is 4. The van der Waals surface area contributed by atoms with Crippen LogP contribution in [0.15, 0.2) is 96.1 Å². The van der Waals surface area contributed by atoms with Gasteiger partial charge >= 0.3 is 5.97 Å². The highest BCUT2D eigenvalue weighted by Crippen LogP contribution is 2.37. The highest BCUT2D eigenvalue weighted by molar-refractivity contribution is 6.01. The van der Waals surface area contributed by atoms with Gasteiger partial charge in [0.25, 0.3) is 0 Å². The number of hydrogen-bond acceptors (Lipinski definition) is 8. The third kappa shape index (κ3) is 6.44. The van der Waals surface area contributed by atoms with E-state index in [0.717, 1.165) is 44.5 Å². The van der Waals surface area contributed by atoms with E-state index >= 15 is 0 Å². The minimum absolute atomic E-state index is 0.117. The topological polar surface area (TPSA) is 106 Å². The summed E-state index contributed by atoms with van der Waals surface area (Å²) >= 11 is 0. The van der Waals surface area contributed by atoms with Gasteiger partial charge in [0, 0.05) is 55.1 Å². The summed E-state index contributed by atoms with van der Waals surface area (Å²) in [4.78, 5) is 25.8. The van der Waals surface area contributed by atoms with Crippen LogP contribution in [0.5, 0.6) is 11.5 Å². The number of pyridine rings is 1. The van der Waals surface area contributed by atoms with Crippen molar-refractivity contribution in [2.24, 2.45) is 4.99 Å². The average Bonchev–Trinajstić information content (AvgIpc) is 3.48. The highest BCUT2D eigenvalue weighted by Gasteiger charge is 2.24. The Labute approximate surface area is 267 Å². The normalized spacial score (nSPS) is 11.8. The Balaban J connectivity index is 1.22. The number of phenols is 1. The monoisotopic (exact) mass is 612 g/mol. The zero-order valence-electron chi connectivity index (χ0n) is 26.6. The van der Waals surface area contributed by atoms with Gasteiger partial charge in [-0.15, -0.1) is 15.0 Å². The van der Waals surface area contributed by atoms with E-state index in [1.54, 1.807) is 18.5 Å². The summed E-state index contributed by atoms with van der Waals surface area (Å²) in [6.45, 7) is 6.10. The number of fused-ring (bicyclic) bond motifs is 2. The van der Waals surface area contributed by atoms with Crippen molar-refractivity contribution in [2.45, 2.75) is 39.0 Å². The van der Waals surface area contributed by atoms with Crippen molar-refractivity contribution in [3.63, 3.8) is 0 Å². The molecule has 0 aliphatic carbocycles. The number of nitrogens with zero attached hydrogens (tertiary/aromatic N) is 6. The predicted molar refractivity (Wildman–Crippen MR) is 183 cm³/mol. The van der Waals surface area contributed by atoms with E-state index in [9.17, 15) is 9.90 Å². The van der Waals surface area contributed by atoms with Crippen molar-refractivity contribution in [1.82, 2.24) is 20.0 Å². The summed E-state index contributed by atoms with van der Waals surface area (Å²) in [5.74, 6) is 0.123. The first kappa shape index (κ1) is 30.5. The molecule has 0 saturated carbocycles. The van der Waals surface area contributed by atoms with Crippen molar-refractivity contribution in [3.05, 3.63) is 108 Å². The Morgan fingerprint density at radius 1 is 0.957 bits per heavy atom. The van der Waals surface area contributed by atoms with Crippen LogP contribution in [0.3, 0.4) is 0 Å². The van der Waals surface area contributed by atoms with Gasteiger partial charge in [-0.1, -0.05) is 45.0 Å². The van der Waals surface area contributed by atoms with Crippen molar-refractivity contribution < 1.29 is 14.6 Å². The minimum Gasteiger partial charge on any atom is -0.505 e. The van der Waals surface area contributed by atoms with Crippen LogP contribution in [0.1, 0.15) is 43.9 Å². The molecule has 0 radical (unpaired) electrons. The zero-order chi connectivity index (χ0) is 32.4. The second-order valence-electron chi connectivity index (χ2n) is 12.4. The van der Waals surface area contributed by atoms with Crippen molar-refractivity contribution in [2.75, 3.05) is 19.0 Å². The first-order chi connectivity index (χ1) is 22.1. The molecule has 0 saturated heterocycles. The number of phenolic OH excluding ortho intramolecular Hbond substituents is 1. The molecule has 1 N–H and O–H groups in total. The van der Waals surface area contributed by atoms with E-state index in [0.29, 0.717) is 23.4 Å². The third-order valence-corrected chi connectivity index (χ3v) is 7.79. The van der Waals surface area contributed by atoms with E-state index in [-0.39, 0.29) is 23.6 Å². The van der Waals surface area contributed by atoms with E-state index < -0.39 is 0 Å². The molecule has 232 valence electrons. The summed E-state index contributed by atoms with van der Waals surface area (Å²) in [7, 11) is 4.00. The fourth-order valence-electron chi connectivity index (χ4n) is 5.28. The summed E-state index contributed by atoms with van der Waals surface area (Å²) in [6, 6.07) is 26.7. The van der Waals surface area contributed by atoms with Gasteiger partial charge in [-0.05, 0) is 78.1 Å². The molecule has 9 heteroatoms. The lowest BCUT2D eigenvalue weighted by Gasteiger charge is -2.23. The molecule has 0 aliphatic heterocycles. The molecule has 6 rings (SSSR count). The summed E-state index contributed by atoms with van der Waals surface area (Å²) in [5.41, 5.74) is 6.56. The lowest BCUT2D eigenvalue weighted by molar-refractivity contribution is -0.134. The molecule has 0 unspecified atom stereocenters. The van der Waals surface area contributed by atoms with E-state index in [1.165, 1.54) is 4.80 Å². The van der Waals surface area contributed by atoms with Gasteiger partial charge in [-0.3, -0.25) is 14.8 Å². The van der Waals surface area contributed by atoms with Gasteiger partial charge in [0.15, 0.2) is 5.75 Å². The van der Waals surface area contributed by atoms with Crippen molar-refractivity contribution in [3.8, 4) is 17.2 Å². The maximum Gasteiger partial charge on any atom is 0.311 e. The first-order valence-corrected chi connectivity index (χ1v) is 15.2. The smallest absolute Gasteiger partial charge is 0.311 e. The van der Waals surface area contributed by atoms with Crippen LogP contribution in [-0.2, 0) is 16.6 Å². The lowest BCUT2D eigenvalue weighted by Crippen LogP contribution is -2.15. The molecule has 4 aromatic carbocycles. The SMILES string of the molecule is CN(C)c1ccc(N=Cc2ccc(OC(=O)CCc3cc(-n4nc5ccccc5n4)c(O)c(C(C)(C)C)c3)c3ncccc23)cc1. The summed E-state index contributed by atoms with van der Waals surface area (Å²) in [6.07, 6.45) is 4.01. The fraction of sp³-hybridized carbons (Fsp3) is 0.216. The Kier molecular flexibility index (Phi) is 8.23. The third-order valence-electron chi connectivity index (χ3n) is 7.79. The largest absolute Gasteiger partial charge is 0.505 e. The van der Waals surface area contributed by atoms with Crippen molar-refractivity contribution >= 4 is 45.5 Å². The van der Waals surface area contributed by atoms with Crippen LogP contribution in [0.4, 0.5) is 11.4 Å². The minimum atomic E-state index is -0.385. The maximum absolute atomic E-state index is 13.2. The maximum atomic E-state index is 13.2. The Morgan fingerprint density at radius 2 is 1.67 bits per heavy atom. The Bertz CT molecular complexity index is 2040. The van der Waals surface area contributed by atoms with Crippen LogP contribution in [0.2, 0.25) is 0 Å². The summed E-state index contributed by atoms with van der Waals surface area (Å²) < 4.78 is 5.85. The second-order valence-corrected chi connectivity index (χ2v) is 12.4. The van der Waals surface area contributed by atoms with Gasteiger partial charge in [0.1, 0.15) is 28.0 Å². The molecule has 0 aliphatic rings. The molecule has 9 nitrogen and oxygen atoms in total. The number of esters is 1. The van der Waals surface area contributed by atoms with Crippen LogP contribution in [0, 0.1) is 0 Å². The molecule has 0 spiro atoms. The van der Waals surface area contributed by atoms with E-state index in [2.05, 4.69) is 20.2 Å². The molecule has 46 heavy (non-hydrogen) atoms. The quantitative estimate of drug-likeness (QED) is 0.109. The Morgan fingerprint density at radius 3 is 2.35 bits per heavy atom. The molecule has 0 atom stereocenters. The standard InChI is InChI=1S/C37H36N6O3/c1-37(2,3)29-21-24(22-32(36(29)45)43-40-30-10-6-7-11-31(30)41-43)12-19-34(44)46-33-18-13-25(28-9-8-20-38-35(28)33)23-39-26-14-16-27(17-15-26)42(4)5/h6-11,13-18,20-23,45H,12,19H2,1-5H3. The number of anilines is 1. The highest BCUT2D eigenvalue weighted by atomic mass is 16.5. The number of ether oxygens (including phenoxy) is 1. The number of hydrogen-bond donors (Lipinski definition) is 1. The number of carbonyl (C=O) groups excluding carboxylic acids is 1. The molecule has 0 bridgehead atoms. The van der Waals surface area contributed by atoms with E-state index in [4.69, 9.17) is 4.74 Å². The molecular weight excluding hydrogens is 576 g/mol. The number of aromatic hydroxyl groups is 1. The predicted octanol–water partition coefficient (Wildman–Crippen LogP) is 7.33. The van der Waals surface area contributed by atoms with Crippen LogP contribution in [-0.4, -0.2) is 51.4 Å². The lowest BCUT2D eigenvalue weighted by atomic mass is 9.84. The van der Waals surface area contributed by atoms with Gasteiger partial charge in [-0.25, -0.2) is 0 Å². The van der Waals surface area contributed by atoms with Gasteiger partial charge in [0.05, 0.1) is 5.69 Å².